The second-order valence-electron chi connectivity index (χ2n) is 5.06. The quantitative estimate of drug-likeness (QED) is 0.500. The number of nitrogens with zero attached hydrogens (tertiary/aromatic N) is 1. The molecule has 1 atom stereocenters. The summed E-state index contributed by atoms with van der Waals surface area (Å²) in [7, 11) is 0. The Hall–Kier alpha value is -0.910. The predicted molar refractivity (Wildman–Crippen MR) is 74.3 cm³/mol. The van der Waals surface area contributed by atoms with E-state index in [0.717, 1.165) is 36.0 Å². The molecule has 1 saturated heterocycles. The maximum atomic E-state index is 11.6. The number of carbonyl (C=O) groups excluding carboxylic acids is 1. The smallest absolute Gasteiger partial charge is 0.275 e. The Bertz CT molecular complexity index is 405. The molecule has 0 saturated carbocycles. The van der Waals surface area contributed by atoms with Gasteiger partial charge in [-0.3, -0.25) is 15.1 Å². The minimum absolute atomic E-state index is 0.178. The molecule has 2 heterocycles. The molecule has 0 spiro atoms. The van der Waals surface area contributed by atoms with E-state index in [-0.39, 0.29) is 5.91 Å². The van der Waals surface area contributed by atoms with E-state index < -0.39 is 0 Å². The van der Waals surface area contributed by atoms with Crippen LogP contribution in [0.4, 0.5) is 0 Å². The number of carbonyl (C=O) groups is 1. The Kier molecular flexibility index (Phi) is 4.74. The van der Waals surface area contributed by atoms with Gasteiger partial charge in [0.15, 0.2) is 0 Å². The maximum Gasteiger partial charge on any atom is 0.275 e. The highest BCUT2D eigenvalue weighted by Crippen LogP contribution is 2.22. The SMILES string of the molecule is CC1CCCN(Cc2ccsc2C(=O)NN)CC1. The normalized spacial score (nSPS) is 21.6. The van der Waals surface area contributed by atoms with Crippen LogP contribution in [0.1, 0.15) is 41.4 Å². The monoisotopic (exact) mass is 267 g/mol. The lowest BCUT2D eigenvalue weighted by Gasteiger charge is -2.19. The van der Waals surface area contributed by atoms with Crippen LogP contribution in [0.15, 0.2) is 11.4 Å². The van der Waals surface area contributed by atoms with Crippen molar-refractivity contribution in [2.45, 2.75) is 32.7 Å². The van der Waals surface area contributed by atoms with Gasteiger partial charge in [0.2, 0.25) is 0 Å². The highest BCUT2D eigenvalue weighted by molar-refractivity contribution is 7.12. The fourth-order valence-corrected chi connectivity index (χ4v) is 3.26. The average molecular weight is 267 g/mol. The lowest BCUT2D eigenvalue weighted by Crippen LogP contribution is -2.31. The summed E-state index contributed by atoms with van der Waals surface area (Å²) in [6, 6.07) is 2.03. The maximum absolute atomic E-state index is 11.6. The Morgan fingerprint density at radius 3 is 3.17 bits per heavy atom. The van der Waals surface area contributed by atoms with Gasteiger partial charge in [-0.2, -0.15) is 0 Å². The first-order chi connectivity index (χ1) is 8.70. The van der Waals surface area contributed by atoms with Crippen molar-refractivity contribution in [2.24, 2.45) is 11.8 Å². The molecule has 0 bridgehead atoms. The minimum atomic E-state index is -0.178. The minimum Gasteiger partial charge on any atom is -0.299 e. The molecule has 5 heteroatoms. The van der Waals surface area contributed by atoms with Crippen LogP contribution in [0.3, 0.4) is 0 Å². The summed E-state index contributed by atoms with van der Waals surface area (Å²) in [5, 5.41) is 1.96. The molecule has 1 amide bonds. The van der Waals surface area contributed by atoms with Gasteiger partial charge in [0.25, 0.3) is 5.91 Å². The highest BCUT2D eigenvalue weighted by Gasteiger charge is 2.17. The van der Waals surface area contributed by atoms with Gasteiger partial charge in [-0.1, -0.05) is 6.92 Å². The van der Waals surface area contributed by atoms with Gasteiger partial charge in [-0.15, -0.1) is 11.3 Å². The van der Waals surface area contributed by atoms with Crippen LogP contribution in [0.25, 0.3) is 0 Å². The van der Waals surface area contributed by atoms with Gasteiger partial charge in [-0.25, -0.2) is 5.84 Å². The fraction of sp³-hybridized carbons (Fsp3) is 0.615. The summed E-state index contributed by atoms with van der Waals surface area (Å²) in [5.41, 5.74) is 3.31. The van der Waals surface area contributed by atoms with E-state index in [1.165, 1.54) is 30.6 Å². The summed E-state index contributed by atoms with van der Waals surface area (Å²) in [6.45, 7) is 5.44. The number of nitrogen functional groups attached to an aromatic ring is 1. The topological polar surface area (TPSA) is 58.4 Å². The molecular formula is C13H21N3OS. The van der Waals surface area contributed by atoms with Crippen LogP contribution < -0.4 is 11.3 Å². The van der Waals surface area contributed by atoms with Gasteiger partial charge in [-0.05, 0) is 55.3 Å². The molecule has 2 rings (SSSR count). The molecule has 0 aliphatic carbocycles. The number of hydrogen-bond donors (Lipinski definition) is 2. The van der Waals surface area contributed by atoms with Crippen LogP contribution >= 0.6 is 11.3 Å². The molecule has 0 radical (unpaired) electrons. The first-order valence-electron chi connectivity index (χ1n) is 6.50. The van der Waals surface area contributed by atoms with Crippen molar-refractivity contribution in [3.05, 3.63) is 21.9 Å². The molecule has 1 aliphatic heterocycles. The molecule has 3 N–H and O–H groups in total. The van der Waals surface area contributed by atoms with Crippen molar-refractivity contribution in [1.82, 2.24) is 10.3 Å². The van der Waals surface area contributed by atoms with Crippen molar-refractivity contribution >= 4 is 17.2 Å². The van der Waals surface area contributed by atoms with Crippen molar-refractivity contribution in [1.29, 1.82) is 0 Å². The number of nitrogens with one attached hydrogen (secondary N) is 1. The Balaban J connectivity index is 2.00. The zero-order valence-corrected chi connectivity index (χ0v) is 11.6. The van der Waals surface area contributed by atoms with E-state index in [9.17, 15) is 4.79 Å². The summed E-state index contributed by atoms with van der Waals surface area (Å²) >= 11 is 1.46. The third-order valence-corrected chi connectivity index (χ3v) is 4.54. The van der Waals surface area contributed by atoms with Gasteiger partial charge in [0, 0.05) is 6.54 Å². The molecule has 1 aromatic heterocycles. The molecule has 1 fully saturated rings. The van der Waals surface area contributed by atoms with Gasteiger partial charge >= 0.3 is 0 Å². The summed E-state index contributed by atoms with van der Waals surface area (Å²) in [4.78, 5) is 14.8. The second-order valence-corrected chi connectivity index (χ2v) is 5.98. The second kappa shape index (κ2) is 6.31. The van der Waals surface area contributed by atoms with Gasteiger partial charge in [0.05, 0.1) is 4.88 Å². The third-order valence-electron chi connectivity index (χ3n) is 3.59. The third kappa shape index (κ3) is 3.31. The Morgan fingerprint density at radius 1 is 1.56 bits per heavy atom. The first kappa shape index (κ1) is 13.5. The number of thiophene rings is 1. The van der Waals surface area contributed by atoms with Gasteiger partial charge < -0.3 is 0 Å². The molecular weight excluding hydrogens is 246 g/mol. The van der Waals surface area contributed by atoms with Crippen molar-refractivity contribution in [3.63, 3.8) is 0 Å². The summed E-state index contributed by atoms with van der Waals surface area (Å²) in [6.07, 6.45) is 3.82. The van der Waals surface area contributed by atoms with Crippen LogP contribution in [-0.2, 0) is 6.54 Å². The molecule has 100 valence electrons. The molecule has 18 heavy (non-hydrogen) atoms. The van der Waals surface area contributed by atoms with E-state index in [4.69, 9.17) is 5.84 Å². The van der Waals surface area contributed by atoms with Crippen LogP contribution in [-0.4, -0.2) is 23.9 Å². The Morgan fingerprint density at radius 2 is 2.39 bits per heavy atom. The number of nitrogens with two attached hydrogens (primary N) is 1. The summed E-state index contributed by atoms with van der Waals surface area (Å²) < 4.78 is 0. The van der Waals surface area contributed by atoms with Crippen LogP contribution in [0.2, 0.25) is 0 Å². The van der Waals surface area contributed by atoms with Crippen LogP contribution in [0, 0.1) is 5.92 Å². The molecule has 1 unspecified atom stereocenters. The van der Waals surface area contributed by atoms with Crippen molar-refractivity contribution < 1.29 is 4.79 Å². The fourth-order valence-electron chi connectivity index (χ4n) is 2.45. The van der Waals surface area contributed by atoms with Crippen LogP contribution in [0.5, 0.6) is 0 Å². The highest BCUT2D eigenvalue weighted by atomic mass is 32.1. The number of likely N-dealkylation sites (tertiary alicyclic amines) is 1. The molecule has 0 aromatic carbocycles. The Labute approximate surface area is 112 Å². The molecule has 4 nitrogen and oxygen atoms in total. The molecule has 1 aliphatic rings. The van der Waals surface area contributed by atoms with Crippen molar-refractivity contribution in [3.8, 4) is 0 Å². The lowest BCUT2D eigenvalue weighted by molar-refractivity contribution is 0.0956. The molecule has 1 aromatic rings. The van der Waals surface area contributed by atoms with E-state index in [1.807, 2.05) is 11.4 Å². The number of amides is 1. The number of rotatable bonds is 3. The summed E-state index contributed by atoms with van der Waals surface area (Å²) in [5.74, 6) is 5.85. The lowest BCUT2D eigenvalue weighted by atomic mass is 10.0. The van der Waals surface area contributed by atoms with Crippen molar-refractivity contribution in [2.75, 3.05) is 13.1 Å². The zero-order chi connectivity index (χ0) is 13.0. The largest absolute Gasteiger partial charge is 0.299 e. The average Bonchev–Trinajstić information content (AvgIpc) is 2.73. The zero-order valence-electron chi connectivity index (χ0n) is 10.8. The number of hydrazine groups is 1. The van der Waals surface area contributed by atoms with E-state index in [0.29, 0.717) is 0 Å². The van der Waals surface area contributed by atoms with E-state index >= 15 is 0 Å². The first-order valence-corrected chi connectivity index (χ1v) is 7.38. The van der Waals surface area contributed by atoms with E-state index in [2.05, 4.69) is 17.2 Å². The predicted octanol–water partition coefficient (Wildman–Crippen LogP) is 1.97. The standard InChI is InChI=1S/C13H21N3OS/c1-10-3-2-6-16(7-4-10)9-11-5-8-18-12(11)13(17)15-14/h5,8,10H,2-4,6-7,9,14H2,1H3,(H,15,17). The van der Waals surface area contributed by atoms with E-state index in [1.54, 1.807) is 0 Å². The van der Waals surface area contributed by atoms with Gasteiger partial charge in [0.1, 0.15) is 0 Å². The number of hydrogen-bond acceptors (Lipinski definition) is 4.